The summed E-state index contributed by atoms with van der Waals surface area (Å²) in [5.74, 6) is -0.131. The van der Waals surface area contributed by atoms with Crippen molar-refractivity contribution in [3.05, 3.63) is 0 Å². The molecule has 1 fully saturated rings. The van der Waals surface area contributed by atoms with Crippen LogP contribution in [-0.2, 0) is 14.3 Å². The molecule has 0 saturated carbocycles. The summed E-state index contributed by atoms with van der Waals surface area (Å²) in [6.45, 7) is 3.93. The van der Waals surface area contributed by atoms with Gasteiger partial charge >= 0.3 is 0 Å². The molecular formula is C85H169NO8. The molecule has 94 heavy (non-hydrogen) atoms. The molecule has 1 amide bonds. The van der Waals surface area contributed by atoms with Crippen LogP contribution in [0, 0.1) is 0 Å². The molecule has 1 aliphatic heterocycles. The number of amides is 1. The zero-order valence-corrected chi connectivity index (χ0v) is 63.5. The first-order valence-electron chi connectivity index (χ1n) is 43.2. The largest absolute Gasteiger partial charge is 0.394 e. The number of rotatable bonds is 79. The molecule has 0 aliphatic carbocycles. The minimum absolute atomic E-state index is 0.130. The standard InChI is InChI=1S/C85H169NO8/c1-3-5-7-9-11-13-15-17-19-21-23-25-27-29-31-33-35-37-38-39-40-41-43-45-47-49-51-53-55-57-59-61-63-65-67-69-71-73-75-81(89)86-78(77-93-85-84(92)83(91)82(90)80(76-87)94-85)79(88)74-72-70-68-66-64-62-60-58-56-54-52-50-48-46-44-42-36-34-32-30-28-26-24-22-20-18-16-14-12-10-8-6-4-2/h78-80,82-85,87-88,90-92H,3-77H2,1-2H3,(H,86,89). The molecule has 0 aromatic heterocycles. The zero-order chi connectivity index (χ0) is 67.8. The number of aliphatic hydroxyl groups excluding tert-OH is 5. The van der Waals surface area contributed by atoms with Gasteiger partial charge in [0.15, 0.2) is 6.29 Å². The van der Waals surface area contributed by atoms with E-state index in [0.29, 0.717) is 12.8 Å². The van der Waals surface area contributed by atoms with Gasteiger partial charge in [0.05, 0.1) is 25.4 Å². The van der Waals surface area contributed by atoms with Crippen molar-refractivity contribution in [2.45, 2.75) is 525 Å². The molecule has 7 unspecified atom stereocenters. The molecule has 1 saturated heterocycles. The van der Waals surface area contributed by atoms with Gasteiger partial charge in [0.1, 0.15) is 24.4 Å². The van der Waals surface area contributed by atoms with Crippen LogP contribution < -0.4 is 5.32 Å². The number of unbranched alkanes of at least 4 members (excludes halogenated alkanes) is 69. The van der Waals surface area contributed by atoms with Crippen molar-refractivity contribution in [2.75, 3.05) is 13.2 Å². The van der Waals surface area contributed by atoms with Gasteiger partial charge in [-0.2, -0.15) is 0 Å². The highest BCUT2D eigenvalue weighted by Crippen LogP contribution is 2.25. The van der Waals surface area contributed by atoms with Gasteiger partial charge in [-0.25, -0.2) is 0 Å². The second-order valence-electron chi connectivity index (χ2n) is 30.7. The maximum atomic E-state index is 13.2. The van der Waals surface area contributed by atoms with Crippen LogP contribution >= 0.6 is 0 Å². The van der Waals surface area contributed by atoms with Crippen LogP contribution in [0.1, 0.15) is 483 Å². The fourth-order valence-electron chi connectivity index (χ4n) is 14.8. The van der Waals surface area contributed by atoms with Gasteiger partial charge in [0, 0.05) is 6.42 Å². The highest BCUT2D eigenvalue weighted by molar-refractivity contribution is 5.76. The van der Waals surface area contributed by atoms with E-state index < -0.39 is 49.5 Å². The molecule has 1 heterocycles. The van der Waals surface area contributed by atoms with Gasteiger partial charge in [-0.05, 0) is 12.8 Å². The molecule has 562 valence electrons. The summed E-state index contributed by atoms with van der Waals surface area (Å²) >= 11 is 0. The Labute approximate surface area is 586 Å². The summed E-state index contributed by atoms with van der Waals surface area (Å²) < 4.78 is 11.4. The first-order valence-corrected chi connectivity index (χ1v) is 43.2. The lowest BCUT2D eigenvalue weighted by Crippen LogP contribution is -2.60. The fourth-order valence-corrected chi connectivity index (χ4v) is 14.8. The molecule has 0 bridgehead atoms. The average Bonchev–Trinajstić information content (AvgIpc) is 0.829. The van der Waals surface area contributed by atoms with Crippen LogP contribution in [0.2, 0.25) is 0 Å². The van der Waals surface area contributed by atoms with Gasteiger partial charge in [0.25, 0.3) is 0 Å². The Morgan fingerprint density at radius 1 is 0.319 bits per heavy atom. The molecular weight excluding hydrogens is 1160 g/mol. The average molecular weight is 1330 g/mol. The predicted octanol–water partition coefficient (Wildman–Crippen LogP) is 25.2. The molecule has 9 heteroatoms. The Balaban J connectivity index is 2.00. The van der Waals surface area contributed by atoms with Crippen LogP contribution in [0.5, 0.6) is 0 Å². The van der Waals surface area contributed by atoms with E-state index in [2.05, 4.69) is 19.2 Å². The second-order valence-corrected chi connectivity index (χ2v) is 30.7. The molecule has 0 aromatic carbocycles. The van der Waals surface area contributed by atoms with Crippen molar-refractivity contribution in [2.24, 2.45) is 0 Å². The SMILES string of the molecule is CCCCCCCCCCCCCCCCCCCCCCCCCCCCCCCCCCCCCCCCC(=O)NC(COC1OC(CO)C(O)C(O)C1O)C(O)CCCCCCCCCCCCCCCCCCCCCCCCCCCCCCCCCCC. The maximum Gasteiger partial charge on any atom is 0.220 e. The maximum absolute atomic E-state index is 13.2. The van der Waals surface area contributed by atoms with Gasteiger partial charge in [-0.3, -0.25) is 4.79 Å². The number of hydrogen-bond donors (Lipinski definition) is 6. The lowest BCUT2D eigenvalue weighted by molar-refractivity contribution is -0.302. The molecule has 7 atom stereocenters. The van der Waals surface area contributed by atoms with Gasteiger partial charge < -0.3 is 40.3 Å². The van der Waals surface area contributed by atoms with E-state index in [1.165, 1.54) is 417 Å². The van der Waals surface area contributed by atoms with Crippen LogP contribution in [0.4, 0.5) is 0 Å². The molecule has 0 radical (unpaired) electrons. The minimum atomic E-state index is -1.55. The third kappa shape index (κ3) is 62.2. The van der Waals surface area contributed by atoms with Crippen molar-refractivity contribution in [3.63, 3.8) is 0 Å². The summed E-state index contributed by atoms with van der Waals surface area (Å²) in [5, 5.41) is 55.2. The molecule has 0 spiro atoms. The number of nitrogens with one attached hydrogen (secondary N) is 1. The van der Waals surface area contributed by atoms with Crippen molar-refractivity contribution in [1.29, 1.82) is 0 Å². The Kier molecular flexibility index (Phi) is 72.6. The van der Waals surface area contributed by atoms with Crippen LogP contribution in [0.25, 0.3) is 0 Å². The quantitative estimate of drug-likeness (QED) is 0.0330. The third-order valence-electron chi connectivity index (χ3n) is 21.5. The first-order chi connectivity index (χ1) is 46.3. The van der Waals surface area contributed by atoms with Gasteiger partial charge in [-0.1, -0.05) is 463 Å². The van der Waals surface area contributed by atoms with E-state index in [1.807, 2.05) is 0 Å². The summed E-state index contributed by atoms with van der Waals surface area (Å²) in [4.78, 5) is 13.2. The minimum Gasteiger partial charge on any atom is -0.394 e. The van der Waals surface area contributed by atoms with E-state index in [4.69, 9.17) is 9.47 Å². The highest BCUT2D eigenvalue weighted by atomic mass is 16.7. The molecule has 1 aliphatic rings. The Hall–Kier alpha value is -0.810. The second kappa shape index (κ2) is 74.9. The summed E-state index contributed by atoms with van der Waals surface area (Å²) in [7, 11) is 0. The van der Waals surface area contributed by atoms with E-state index in [1.54, 1.807) is 0 Å². The summed E-state index contributed by atoms with van der Waals surface area (Å²) in [6, 6.07) is -0.717. The number of ether oxygens (including phenoxy) is 2. The fraction of sp³-hybridized carbons (Fsp3) is 0.988. The lowest BCUT2D eigenvalue weighted by Gasteiger charge is -2.40. The Morgan fingerprint density at radius 3 is 0.755 bits per heavy atom. The molecule has 6 N–H and O–H groups in total. The predicted molar refractivity (Wildman–Crippen MR) is 406 cm³/mol. The zero-order valence-electron chi connectivity index (χ0n) is 63.5. The highest BCUT2D eigenvalue weighted by Gasteiger charge is 2.44. The molecule has 0 aromatic rings. The van der Waals surface area contributed by atoms with Crippen LogP contribution in [0.3, 0.4) is 0 Å². The molecule has 1 rings (SSSR count). The van der Waals surface area contributed by atoms with E-state index in [-0.39, 0.29) is 12.5 Å². The number of aliphatic hydroxyl groups is 5. The van der Waals surface area contributed by atoms with Crippen molar-refractivity contribution < 1.29 is 39.8 Å². The lowest BCUT2D eigenvalue weighted by atomic mass is 9.99. The van der Waals surface area contributed by atoms with Crippen molar-refractivity contribution >= 4 is 5.91 Å². The van der Waals surface area contributed by atoms with E-state index >= 15 is 0 Å². The smallest absolute Gasteiger partial charge is 0.220 e. The van der Waals surface area contributed by atoms with Crippen molar-refractivity contribution in [1.82, 2.24) is 5.32 Å². The van der Waals surface area contributed by atoms with Crippen molar-refractivity contribution in [3.8, 4) is 0 Å². The Bertz CT molecular complexity index is 1450. The molecule has 9 nitrogen and oxygen atoms in total. The third-order valence-corrected chi connectivity index (χ3v) is 21.5. The van der Waals surface area contributed by atoms with Gasteiger partial charge in [0.2, 0.25) is 5.91 Å². The first kappa shape index (κ1) is 91.2. The monoisotopic (exact) mass is 1330 g/mol. The van der Waals surface area contributed by atoms with E-state index in [0.717, 1.165) is 38.5 Å². The Morgan fingerprint density at radius 2 is 0.532 bits per heavy atom. The van der Waals surface area contributed by atoms with E-state index in [9.17, 15) is 30.3 Å². The number of hydrogen-bond acceptors (Lipinski definition) is 8. The normalized spacial score (nSPS) is 17.4. The topological polar surface area (TPSA) is 149 Å². The van der Waals surface area contributed by atoms with Gasteiger partial charge in [-0.15, -0.1) is 0 Å². The summed E-state index contributed by atoms with van der Waals surface area (Å²) in [5.41, 5.74) is 0. The van der Waals surface area contributed by atoms with Crippen LogP contribution in [0.15, 0.2) is 0 Å². The number of carbonyl (C=O) groups excluding carboxylic acids is 1. The summed E-state index contributed by atoms with van der Waals surface area (Å²) in [6.07, 6.45) is 91.1. The number of carbonyl (C=O) groups is 1. The van der Waals surface area contributed by atoms with Crippen LogP contribution in [-0.4, -0.2) is 87.5 Å².